The summed E-state index contributed by atoms with van der Waals surface area (Å²) in [6, 6.07) is 3.29. The molecule has 0 saturated carbocycles. The summed E-state index contributed by atoms with van der Waals surface area (Å²) < 4.78 is 0. The first-order valence-corrected chi connectivity index (χ1v) is 6.37. The van der Waals surface area contributed by atoms with Crippen LogP contribution in [0.5, 0.6) is 0 Å². The number of carbonyl (C=O) groups excluding carboxylic acids is 1. The van der Waals surface area contributed by atoms with E-state index in [0.717, 1.165) is 11.1 Å². The van der Waals surface area contributed by atoms with Crippen molar-refractivity contribution in [2.24, 2.45) is 5.16 Å². The van der Waals surface area contributed by atoms with Crippen molar-refractivity contribution in [1.82, 2.24) is 4.90 Å². The van der Waals surface area contributed by atoms with E-state index in [1.165, 1.54) is 0 Å². The lowest BCUT2D eigenvalue weighted by atomic mass is 9.92. The second kappa shape index (κ2) is 4.14. The molecule has 4 nitrogen and oxygen atoms in total. The summed E-state index contributed by atoms with van der Waals surface area (Å²) in [5.74, 6) is 0.0814. The zero-order valence-electron chi connectivity index (χ0n) is 9.36. The smallest absolute Gasteiger partial charge is 0.223 e. The van der Waals surface area contributed by atoms with Crippen molar-refractivity contribution in [3.63, 3.8) is 0 Å². The number of nitrogens with zero attached hydrogens (tertiary/aromatic N) is 2. The van der Waals surface area contributed by atoms with Crippen LogP contribution in [-0.4, -0.2) is 27.8 Å². The number of carbonyl (C=O) groups is 1. The van der Waals surface area contributed by atoms with Crippen LogP contribution in [-0.2, 0) is 11.3 Å². The van der Waals surface area contributed by atoms with E-state index < -0.39 is 0 Å². The van der Waals surface area contributed by atoms with Gasteiger partial charge in [-0.3, -0.25) is 4.79 Å². The Hall–Kier alpha value is -1.26. The van der Waals surface area contributed by atoms with Crippen LogP contribution in [0.15, 0.2) is 17.3 Å². The normalized spacial score (nSPS) is 24.3. The summed E-state index contributed by atoms with van der Waals surface area (Å²) in [5.41, 5.74) is 2.15. The molecule has 0 aliphatic carbocycles. The van der Waals surface area contributed by atoms with Crippen molar-refractivity contribution in [3.8, 4) is 0 Å². The summed E-state index contributed by atoms with van der Waals surface area (Å²) in [5, 5.41) is 13.4. The molecule has 0 spiro atoms. The minimum atomic E-state index is -0.146. The average molecular weight is 285 g/mol. The quantitative estimate of drug-likeness (QED) is 0.588. The molecule has 18 heavy (non-hydrogen) atoms. The van der Waals surface area contributed by atoms with Gasteiger partial charge in [-0.1, -0.05) is 28.4 Å². The lowest BCUT2D eigenvalue weighted by molar-refractivity contribution is -0.128. The molecule has 2 heterocycles. The maximum absolute atomic E-state index is 11.8. The summed E-state index contributed by atoms with van der Waals surface area (Å²) in [4.78, 5) is 13.5. The van der Waals surface area contributed by atoms with Crippen LogP contribution in [0.1, 0.15) is 24.0 Å². The molecular weight excluding hydrogens is 275 g/mol. The van der Waals surface area contributed by atoms with Crippen LogP contribution in [0, 0.1) is 0 Å². The number of fused-ring (bicyclic) bond motifs is 2. The van der Waals surface area contributed by atoms with E-state index in [2.05, 4.69) is 5.16 Å². The zero-order chi connectivity index (χ0) is 12.9. The topological polar surface area (TPSA) is 52.9 Å². The van der Waals surface area contributed by atoms with Crippen LogP contribution in [0.2, 0.25) is 10.0 Å². The summed E-state index contributed by atoms with van der Waals surface area (Å²) in [6.07, 6.45) is 1.16. The van der Waals surface area contributed by atoms with Crippen molar-refractivity contribution >= 4 is 34.8 Å². The van der Waals surface area contributed by atoms with E-state index in [9.17, 15) is 10.0 Å². The summed E-state index contributed by atoms with van der Waals surface area (Å²) in [6.45, 7) is 0.495. The van der Waals surface area contributed by atoms with Gasteiger partial charge < -0.3 is 10.1 Å². The Morgan fingerprint density at radius 2 is 2.06 bits per heavy atom. The maximum atomic E-state index is 11.8. The van der Waals surface area contributed by atoms with Gasteiger partial charge in [0.1, 0.15) is 5.71 Å². The van der Waals surface area contributed by atoms with E-state index in [4.69, 9.17) is 23.2 Å². The molecule has 0 aromatic heterocycles. The SMILES string of the molecule is O=C1CCC2/C(=N\O)c3cc(Cl)c(Cl)cc3CN12. The van der Waals surface area contributed by atoms with Gasteiger partial charge in [0.05, 0.1) is 16.1 Å². The summed E-state index contributed by atoms with van der Waals surface area (Å²) in [7, 11) is 0. The van der Waals surface area contributed by atoms with Gasteiger partial charge in [-0.05, 0) is 24.1 Å². The van der Waals surface area contributed by atoms with Crippen LogP contribution >= 0.6 is 23.2 Å². The fourth-order valence-corrected chi connectivity index (χ4v) is 3.01. The lowest BCUT2D eigenvalue weighted by Crippen LogP contribution is -2.43. The standard InChI is InChI=1S/C12H10Cl2N2O2/c13-8-3-6-5-16-10(1-2-11(16)17)12(15-18)7(6)4-9(8)14/h3-4,10,18H,1-2,5H2/b15-12-. The molecule has 0 radical (unpaired) electrons. The van der Waals surface area contributed by atoms with Crippen molar-refractivity contribution in [2.75, 3.05) is 0 Å². The molecule has 1 N–H and O–H groups in total. The molecule has 6 heteroatoms. The first-order valence-electron chi connectivity index (χ1n) is 5.61. The van der Waals surface area contributed by atoms with Crippen molar-refractivity contribution in [1.29, 1.82) is 0 Å². The van der Waals surface area contributed by atoms with Gasteiger partial charge in [-0.2, -0.15) is 0 Å². The van der Waals surface area contributed by atoms with Gasteiger partial charge >= 0.3 is 0 Å². The molecule has 1 saturated heterocycles. The largest absolute Gasteiger partial charge is 0.411 e. The molecule has 2 aliphatic rings. The Bertz CT molecular complexity index is 571. The predicted octanol–water partition coefficient (Wildman–Crippen LogP) is 2.68. The van der Waals surface area contributed by atoms with Gasteiger partial charge in [0.15, 0.2) is 0 Å². The number of benzene rings is 1. The Morgan fingerprint density at radius 3 is 2.78 bits per heavy atom. The van der Waals surface area contributed by atoms with E-state index in [1.807, 2.05) is 0 Å². The van der Waals surface area contributed by atoms with Gasteiger partial charge in [0.2, 0.25) is 5.91 Å². The Balaban J connectivity index is 2.16. The highest BCUT2D eigenvalue weighted by atomic mass is 35.5. The average Bonchev–Trinajstić information content (AvgIpc) is 2.70. The molecule has 1 aromatic carbocycles. The van der Waals surface area contributed by atoms with Gasteiger partial charge in [-0.15, -0.1) is 0 Å². The number of hydrogen-bond donors (Lipinski definition) is 1. The highest BCUT2D eigenvalue weighted by Crippen LogP contribution is 2.35. The van der Waals surface area contributed by atoms with E-state index in [-0.39, 0.29) is 11.9 Å². The number of halogens is 2. The highest BCUT2D eigenvalue weighted by molar-refractivity contribution is 6.42. The fraction of sp³-hybridized carbons (Fsp3) is 0.333. The minimum Gasteiger partial charge on any atom is -0.411 e. The lowest BCUT2D eigenvalue weighted by Gasteiger charge is -2.32. The predicted molar refractivity (Wildman–Crippen MR) is 68.4 cm³/mol. The highest BCUT2D eigenvalue weighted by Gasteiger charge is 2.40. The Labute approximate surface area is 114 Å². The van der Waals surface area contributed by atoms with E-state index >= 15 is 0 Å². The van der Waals surface area contributed by atoms with E-state index in [1.54, 1.807) is 17.0 Å². The van der Waals surface area contributed by atoms with E-state index in [0.29, 0.717) is 35.1 Å². The monoisotopic (exact) mass is 284 g/mol. The number of hydrogen-bond acceptors (Lipinski definition) is 3. The molecule has 94 valence electrons. The summed E-state index contributed by atoms with van der Waals surface area (Å²) >= 11 is 12.0. The van der Waals surface area contributed by atoms with Crippen LogP contribution < -0.4 is 0 Å². The first-order chi connectivity index (χ1) is 8.61. The molecule has 2 aliphatic heterocycles. The first kappa shape index (κ1) is 11.8. The number of amides is 1. The molecule has 1 atom stereocenters. The third-order valence-electron chi connectivity index (χ3n) is 3.51. The Morgan fingerprint density at radius 1 is 1.33 bits per heavy atom. The third-order valence-corrected chi connectivity index (χ3v) is 4.24. The van der Waals surface area contributed by atoms with Crippen molar-refractivity contribution in [2.45, 2.75) is 25.4 Å². The molecule has 1 fully saturated rings. The number of oxime groups is 1. The molecule has 1 unspecified atom stereocenters. The van der Waals surface area contributed by atoms with Gasteiger partial charge in [0, 0.05) is 18.5 Å². The molecule has 0 bridgehead atoms. The van der Waals surface area contributed by atoms with Crippen molar-refractivity contribution in [3.05, 3.63) is 33.3 Å². The Kier molecular flexibility index (Phi) is 2.72. The zero-order valence-corrected chi connectivity index (χ0v) is 10.9. The van der Waals surface area contributed by atoms with Gasteiger partial charge in [-0.25, -0.2) is 0 Å². The second-order valence-electron chi connectivity index (χ2n) is 4.48. The second-order valence-corrected chi connectivity index (χ2v) is 5.30. The molecule has 1 aromatic rings. The third kappa shape index (κ3) is 1.60. The molecule has 3 rings (SSSR count). The van der Waals surface area contributed by atoms with Crippen molar-refractivity contribution < 1.29 is 10.0 Å². The number of rotatable bonds is 0. The van der Waals surface area contributed by atoms with Crippen LogP contribution in [0.4, 0.5) is 0 Å². The minimum absolute atomic E-state index is 0.0814. The fourth-order valence-electron chi connectivity index (χ4n) is 2.66. The van der Waals surface area contributed by atoms with Crippen LogP contribution in [0.25, 0.3) is 0 Å². The molecular formula is C12H10Cl2N2O2. The maximum Gasteiger partial charge on any atom is 0.223 e. The van der Waals surface area contributed by atoms with Gasteiger partial charge in [0.25, 0.3) is 0 Å². The molecule has 1 amide bonds. The van der Waals surface area contributed by atoms with Crippen LogP contribution in [0.3, 0.4) is 0 Å².